The number of hydrogen-bond donors (Lipinski definition) is 0. The van der Waals surface area contributed by atoms with E-state index in [2.05, 4.69) is 25.1 Å². The van der Waals surface area contributed by atoms with Crippen molar-refractivity contribution in [1.82, 2.24) is 0 Å². The predicted molar refractivity (Wildman–Crippen MR) is 68.7 cm³/mol. The fourth-order valence-corrected chi connectivity index (χ4v) is 2.34. The van der Waals surface area contributed by atoms with Crippen molar-refractivity contribution in [3.63, 3.8) is 0 Å². The molecule has 0 saturated heterocycles. The Kier molecular flexibility index (Phi) is 3.32. The van der Waals surface area contributed by atoms with Gasteiger partial charge in [0.15, 0.2) is 0 Å². The zero-order valence-corrected chi connectivity index (χ0v) is 10.7. The summed E-state index contributed by atoms with van der Waals surface area (Å²) in [4.78, 5) is 11.8. The fraction of sp³-hybridized carbons (Fsp3) is 0.400. The van der Waals surface area contributed by atoms with Gasteiger partial charge in [0.1, 0.15) is 0 Å². The zero-order chi connectivity index (χ0) is 12.4. The first-order valence-electron chi connectivity index (χ1n) is 6.10. The Hall–Kier alpha value is -1.57. The van der Waals surface area contributed by atoms with Crippen molar-refractivity contribution in [2.24, 2.45) is 0 Å². The van der Waals surface area contributed by atoms with Crippen LogP contribution < -0.4 is 0 Å². The van der Waals surface area contributed by atoms with Crippen LogP contribution in [0.5, 0.6) is 0 Å². The summed E-state index contributed by atoms with van der Waals surface area (Å²) < 4.78 is 5.10. The van der Waals surface area contributed by atoms with Crippen molar-refractivity contribution < 1.29 is 9.53 Å². The second kappa shape index (κ2) is 4.74. The third-order valence-electron chi connectivity index (χ3n) is 3.29. The van der Waals surface area contributed by atoms with E-state index in [9.17, 15) is 4.79 Å². The molecule has 0 N–H and O–H groups in total. The van der Waals surface area contributed by atoms with Gasteiger partial charge in [-0.3, -0.25) is 0 Å². The van der Waals surface area contributed by atoms with Crippen LogP contribution in [0.1, 0.15) is 37.0 Å². The lowest BCUT2D eigenvalue weighted by atomic mass is 9.85. The Morgan fingerprint density at radius 1 is 1.29 bits per heavy atom. The summed E-state index contributed by atoms with van der Waals surface area (Å²) >= 11 is 0. The number of rotatable bonds is 2. The van der Waals surface area contributed by atoms with Crippen molar-refractivity contribution in [3.8, 4) is 0 Å². The minimum atomic E-state index is -0.155. The smallest absolute Gasteiger partial charge is 0.334 e. The summed E-state index contributed by atoms with van der Waals surface area (Å²) in [6, 6.07) is 6.45. The Balaban J connectivity index is 2.43. The molecular formula is C15H18O2. The molecule has 0 radical (unpaired) electrons. The summed E-state index contributed by atoms with van der Waals surface area (Å²) in [6.07, 6.45) is 1.72. The molecule has 0 atom stereocenters. The second-order valence-corrected chi connectivity index (χ2v) is 4.48. The highest BCUT2D eigenvalue weighted by Crippen LogP contribution is 2.32. The molecule has 1 aliphatic rings. The molecular weight excluding hydrogens is 212 g/mol. The van der Waals surface area contributed by atoms with Crippen molar-refractivity contribution in [2.45, 2.75) is 33.6 Å². The summed E-state index contributed by atoms with van der Waals surface area (Å²) in [5.41, 5.74) is 5.69. The Bertz CT molecular complexity index is 484. The number of carbonyl (C=O) groups excluding carboxylic acids is 1. The van der Waals surface area contributed by atoms with E-state index in [1.807, 2.05) is 13.8 Å². The molecule has 1 aromatic rings. The molecule has 0 unspecified atom stereocenters. The maximum Gasteiger partial charge on any atom is 0.334 e. The van der Waals surface area contributed by atoms with Gasteiger partial charge in [0.2, 0.25) is 0 Å². The number of allylic oxidation sites excluding steroid dienone is 1. The van der Waals surface area contributed by atoms with Gasteiger partial charge < -0.3 is 4.74 Å². The van der Waals surface area contributed by atoms with Crippen LogP contribution in [-0.2, 0) is 16.0 Å². The molecule has 2 heteroatoms. The quantitative estimate of drug-likeness (QED) is 0.729. The van der Waals surface area contributed by atoms with Crippen LogP contribution in [0, 0.1) is 6.92 Å². The van der Waals surface area contributed by atoms with E-state index in [0.717, 1.165) is 24.0 Å². The van der Waals surface area contributed by atoms with E-state index >= 15 is 0 Å². The van der Waals surface area contributed by atoms with Gasteiger partial charge in [0, 0.05) is 5.57 Å². The second-order valence-electron chi connectivity index (χ2n) is 4.48. The molecule has 0 bridgehead atoms. The number of aryl methyl sites for hydroxylation is 2. The van der Waals surface area contributed by atoms with E-state index in [1.54, 1.807) is 0 Å². The minimum Gasteiger partial charge on any atom is -0.463 e. The molecule has 17 heavy (non-hydrogen) atoms. The van der Waals surface area contributed by atoms with Gasteiger partial charge in [-0.25, -0.2) is 4.79 Å². The number of benzene rings is 1. The van der Waals surface area contributed by atoms with Gasteiger partial charge in [-0.2, -0.15) is 0 Å². The van der Waals surface area contributed by atoms with E-state index in [-0.39, 0.29) is 5.97 Å². The molecule has 1 aliphatic carbocycles. The van der Waals surface area contributed by atoms with Gasteiger partial charge in [0.05, 0.1) is 6.61 Å². The first-order chi connectivity index (χ1) is 8.13. The average Bonchev–Trinajstić information content (AvgIpc) is 2.30. The lowest BCUT2D eigenvalue weighted by molar-refractivity contribution is -0.138. The molecule has 0 amide bonds. The van der Waals surface area contributed by atoms with Crippen LogP contribution in [0.4, 0.5) is 0 Å². The number of carbonyl (C=O) groups is 1. The molecule has 0 saturated carbocycles. The average molecular weight is 230 g/mol. The molecule has 2 nitrogen and oxygen atoms in total. The van der Waals surface area contributed by atoms with E-state index in [0.29, 0.717) is 6.61 Å². The van der Waals surface area contributed by atoms with Gasteiger partial charge >= 0.3 is 5.97 Å². The van der Waals surface area contributed by atoms with E-state index < -0.39 is 0 Å². The Morgan fingerprint density at radius 3 is 2.76 bits per heavy atom. The summed E-state index contributed by atoms with van der Waals surface area (Å²) in [6.45, 7) is 6.38. The molecule has 2 rings (SSSR count). The maximum absolute atomic E-state index is 11.8. The van der Waals surface area contributed by atoms with Crippen molar-refractivity contribution >= 4 is 11.5 Å². The van der Waals surface area contributed by atoms with Crippen LogP contribution in [0.25, 0.3) is 5.57 Å². The molecule has 0 heterocycles. The number of esters is 1. The summed E-state index contributed by atoms with van der Waals surface area (Å²) in [7, 11) is 0. The first kappa shape index (κ1) is 11.9. The number of hydrogen-bond acceptors (Lipinski definition) is 2. The van der Waals surface area contributed by atoms with Crippen LogP contribution in [0.15, 0.2) is 23.8 Å². The number of fused-ring (bicyclic) bond motifs is 1. The molecule has 0 aliphatic heterocycles. The van der Waals surface area contributed by atoms with Crippen molar-refractivity contribution in [3.05, 3.63) is 40.5 Å². The molecule has 0 spiro atoms. The topological polar surface area (TPSA) is 26.3 Å². The summed E-state index contributed by atoms with van der Waals surface area (Å²) in [5.74, 6) is -0.155. The van der Waals surface area contributed by atoms with Crippen LogP contribution >= 0.6 is 0 Å². The third kappa shape index (κ3) is 2.26. The van der Waals surface area contributed by atoms with E-state index in [4.69, 9.17) is 4.74 Å². The highest BCUT2D eigenvalue weighted by molar-refractivity contribution is 5.98. The Labute approximate surface area is 102 Å². The zero-order valence-electron chi connectivity index (χ0n) is 10.7. The van der Waals surface area contributed by atoms with E-state index in [1.165, 1.54) is 16.7 Å². The minimum absolute atomic E-state index is 0.155. The van der Waals surface area contributed by atoms with Crippen LogP contribution in [0.2, 0.25) is 0 Å². The van der Waals surface area contributed by atoms with Crippen molar-refractivity contribution in [1.29, 1.82) is 0 Å². The first-order valence-corrected chi connectivity index (χ1v) is 6.10. The Morgan fingerprint density at radius 2 is 2.06 bits per heavy atom. The lowest BCUT2D eigenvalue weighted by Gasteiger charge is -2.20. The molecule has 0 aromatic heterocycles. The predicted octanol–water partition coefficient (Wildman–Crippen LogP) is 3.28. The molecule has 90 valence electrons. The van der Waals surface area contributed by atoms with Crippen LogP contribution in [-0.4, -0.2) is 12.6 Å². The van der Waals surface area contributed by atoms with Gasteiger partial charge in [-0.05, 0) is 50.3 Å². The molecule has 1 aromatic carbocycles. The lowest BCUT2D eigenvalue weighted by Crippen LogP contribution is -2.14. The standard InChI is InChI=1S/C15H18O2/c1-4-17-15(16)13-8-7-12-6-5-10(2)9-14(12)11(13)3/h5-6,9H,4,7-8H2,1-3H3. The highest BCUT2D eigenvalue weighted by atomic mass is 16.5. The highest BCUT2D eigenvalue weighted by Gasteiger charge is 2.21. The normalized spacial score (nSPS) is 14.5. The van der Waals surface area contributed by atoms with Gasteiger partial charge in [-0.15, -0.1) is 0 Å². The monoisotopic (exact) mass is 230 g/mol. The van der Waals surface area contributed by atoms with Crippen LogP contribution in [0.3, 0.4) is 0 Å². The fourth-order valence-electron chi connectivity index (χ4n) is 2.34. The molecule has 0 fully saturated rings. The van der Waals surface area contributed by atoms with Crippen molar-refractivity contribution in [2.75, 3.05) is 6.61 Å². The number of ether oxygens (including phenoxy) is 1. The maximum atomic E-state index is 11.8. The third-order valence-corrected chi connectivity index (χ3v) is 3.29. The summed E-state index contributed by atoms with van der Waals surface area (Å²) in [5, 5.41) is 0. The van der Waals surface area contributed by atoms with Gasteiger partial charge in [-0.1, -0.05) is 23.8 Å². The SMILES string of the molecule is CCOC(=O)C1=C(C)c2cc(C)ccc2CC1. The van der Waals surface area contributed by atoms with Gasteiger partial charge in [0.25, 0.3) is 0 Å². The largest absolute Gasteiger partial charge is 0.463 e.